The minimum absolute atomic E-state index is 0.0180. The molecular weight excluding hydrogens is 240 g/mol. The Bertz CT molecular complexity index is 423. The summed E-state index contributed by atoms with van der Waals surface area (Å²) in [6.07, 6.45) is 7.00. The predicted molar refractivity (Wildman–Crippen MR) is 75.2 cm³/mol. The van der Waals surface area contributed by atoms with E-state index < -0.39 is 5.54 Å². The van der Waals surface area contributed by atoms with Gasteiger partial charge in [0, 0.05) is 12.2 Å². The molecule has 1 aromatic heterocycles. The van der Waals surface area contributed by atoms with Crippen LogP contribution >= 0.6 is 0 Å². The SMILES string of the molecule is CCC(CC)(CO)NC(=O)c1cccn1C1CCC1. The number of hydrogen-bond acceptors (Lipinski definition) is 2. The van der Waals surface area contributed by atoms with E-state index in [1.54, 1.807) is 0 Å². The van der Waals surface area contributed by atoms with Crippen LogP contribution in [0.3, 0.4) is 0 Å². The normalized spacial score (nSPS) is 16.2. The van der Waals surface area contributed by atoms with Crippen LogP contribution in [0.25, 0.3) is 0 Å². The fourth-order valence-electron chi connectivity index (χ4n) is 2.56. The molecule has 0 saturated heterocycles. The van der Waals surface area contributed by atoms with Crippen molar-refractivity contribution in [3.63, 3.8) is 0 Å². The monoisotopic (exact) mass is 264 g/mol. The Balaban J connectivity index is 2.13. The maximum atomic E-state index is 12.4. The number of nitrogens with one attached hydrogen (secondary N) is 1. The van der Waals surface area contributed by atoms with Crippen LogP contribution in [0, 0.1) is 0 Å². The zero-order valence-corrected chi connectivity index (χ0v) is 11.9. The van der Waals surface area contributed by atoms with Crippen LogP contribution in [-0.4, -0.2) is 27.7 Å². The fraction of sp³-hybridized carbons (Fsp3) is 0.667. The van der Waals surface area contributed by atoms with Crippen molar-refractivity contribution in [2.45, 2.75) is 57.5 Å². The lowest BCUT2D eigenvalue weighted by Crippen LogP contribution is -2.51. The molecule has 1 aromatic rings. The Morgan fingerprint density at radius 3 is 2.63 bits per heavy atom. The smallest absolute Gasteiger partial charge is 0.268 e. The van der Waals surface area contributed by atoms with Crippen LogP contribution in [0.5, 0.6) is 0 Å². The molecule has 1 amide bonds. The number of aliphatic hydroxyl groups excluding tert-OH is 1. The van der Waals surface area contributed by atoms with Crippen LogP contribution in [0.1, 0.15) is 62.5 Å². The van der Waals surface area contributed by atoms with Crippen LogP contribution in [-0.2, 0) is 0 Å². The van der Waals surface area contributed by atoms with Crippen molar-refractivity contribution in [3.05, 3.63) is 24.0 Å². The second kappa shape index (κ2) is 5.78. The number of hydrogen-bond donors (Lipinski definition) is 2. The molecule has 4 nitrogen and oxygen atoms in total. The standard InChI is InChI=1S/C15H24N2O2/c1-3-15(4-2,11-18)16-14(19)13-9-6-10-17(13)12-7-5-8-12/h6,9-10,12,18H,3-5,7-8,11H2,1-2H3,(H,16,19). The third-order valence-electron chi connectivity index (χ3n) is 4.51. The van der Waals surface area contributed by atoms with Crippen LogP contribution < -0.4 is 5.32 Å². The number of carbonyl (C=O) groups excluding carboxylic acids is 1. The van der Waals surface area contributed by atoms with Gasteiger partial charge in [-0.25, -0.2) is 0 Å². The highest BCUT2D eigenvalue weighted by molar-refractivity contribution is 5.93. The number of aliphatic hydroxyl groups is 1. The average Bonchev–Trinajstić information content (AvgIpc) is 2.83. The molecule has 1 heterocycles. The second-order valence-corrected chi connectivity index (χ2v) is 5.49. The van der Waals surface area contributed by atoms with E-state index in [-0.39, 0.29) is 12.5 Å². The number of aromatic nitrogens is 1. The van der Waals surface area contributed by atoms with Gasteiger partial charge < -0.3 is 15.0 Å². The molecule has 0 spiro atoms. The molecule has 106 valence electrons. The van der Waals surface area contributed by atoms with Crippen molar-refractivity contribution in [2.75, 3.05) is 6.61 Å². The molecule has 0 aliphatic heterocycles. The Morgan fingerprint density at radius 2 is 2.16 bits per heavy atom. The summed E-state index contributed by atoms with van der Waals surface area (Å²) in [6, 6.07) is 4.26. The molecule has 0 radical (unpaired) electrons. The number of rotatable bonds is 6. The highest BCUT2D eigenvalue weighted by Crippen LogP contribution is 2.32. The first-order valence-electron chi connectivity index (χ1n) is 7.26. The van der Waals surface area contributed by atoms with E-state index in [2.05, 4.69) is 9.88 Å². The molecule has 1 aliphatic carbocycles. The van der Waals surface area contributed by atoms with Crippen LogP contribution in [0.2, 0.25) is 0 Å². The summed E-state index contributed by atoms with van der Waals surface area (Å²) in [7, 11) is 0. The van der Waals surface area contributed by atoms with Gasteiger partial charge in [0.25, 0.3) is 5.91 Å². The molecule has 0 atom stereocenters. The molecule has 0 bridgehead atoms. The van der Waals surface area contributed by atoms with Gasteiger partial charge in [-0.2, -0.15) is 0 Å². The van der Waals surface area contributed by atoms with Gasteiger partial charge >= 0.3 is 0 Å². The van der Waals surface area contributed by atoms with Gasteiger partial charge in [-0.1, -0.05) is 13.8 Å². The van der Waals surface area contributed by atoms with Gasteiger partial charge in [0.15, 0.2) is 0 Å². The quantitative estimate of drug-likeness (QED) is 0.829. The summed E-state index contributed by atoms with van der Waals surface area (Å²) in [5.74, 6) is -0.0744. The van der Waals surface area contributed by atoms with Gasteiger partial charge in [-0.3, -0.25) is 4.79 Å². The number of amides is 1. The minimum Gasteiger partial charge on any atom is -0.394 e. The van der Waals surface area contributed by atoms with Crippen molar-refractivity contribution >= 4 is 5.91 Å². The zero-order valence-electron chi connectivity index (χ0n) is 11.9. The van der Waals surface area contributed by atoms with Gasteiger partial charge in [0.1, 0.15) is 5.69 Å². The Labute approximate surface area is 114 Å². The van der Waals surface area contributed by atoms with Gasteiger partial charge in [-0.15, -0.1) is 0 Å². The molecule has 1 aliphatic rings. The molecule has 1 saturated carbocycles. The maximum Gasteiger partial charge on any atom is 0.268 e. The third kappa shape index (κ3) is 2.68. The second-order valence-electron chi connectivity index (χ2n) is 5.49. The van der Waals surface area contributed by atoms with E-state index >= 15 is 0 Å². The Morgan fingerprint density at radius 1 is 1.47 bits per heavy atom. The van der Waals surface area contributed by atoms with E-state index in [0.29, 0.717) is 11.7 Å². The van der Waals surface area contributed by atoms with Crippen LogP contribution in [0.15, 0.2) is 18.3 Å². The zero-order chi connectivity index (χ0) is 13.9. The van der Waals surface area contributed by atoms with Crippen molar-refractivity contribution in [3.8, 4) is 0 Å². The van der Waals surface area contributed by atoms with E-state index in [4.69, 9.17) is 0 Å². The lowest BCUT2D eigenvalue weighted by atomic mass is 9.92. The summed E-state index contributed by atoms with van der Waals surface area (Å²) < 4.78 is 2.08. The van der Waals surface area contributed by atoms with E-state index in [1.807, 2.05) is 32.2 Å². The highest BCUT2D eigenvalue weighted by atomic mass is 16.3. The molecule has 2 rings (SSSR count). The van der Waals surface area contributed by atoms with Gasteiger partial charge in [0.05, 0.1) is 12.1 Å². The molecule has 0 aromatic carbocycles. The first-order chi connectivity index (χ1) is 9.15. The summed E-state index contributed by atoms with van der Waals surface area (Å²) >= 11 is 0. The lowest BCUT2D eigenvalue weighted by Gasteiger charge is -2.32. The number of nitrogens with zero attached hydrogens (tertiary/aromatic N) is 1. The van der Waals surface area contributed by atoms with Crippen molar-refractivity contribution < 1.29 is 9.90 Å². The van der Waals surface area contributed by atoms with Crippen molar-refractivity contribution in [2.24, 2.45) is 0 Å². The average molecular weight is 264 g/mol. The maximum absolute atomic E-state index is 12.4. The Hall–Kier alpha value is -1.29. The molecule has 2 N–H and O–H groups in total. The third-order valence-corrected chi connectivity index (χ3v) is 4.51. The summed E-state index contributed by atoms with van der Waals surface area (Å²) in [6.45, 7) is 3.96. The van der Waals surface area contributed by atoms with Crippen molar-refractivity contribution in [1.82, 2.24) is 9.88 Å². The largest absolute Gasteiger partial charge is 0.394 e. The van der Waals surface area contributed by atoms with Crippen LogP contribution in [0.4, 0.5) is 0 Å². The van der Waals surface area contributed by atoms with E-state index in [1.165, 1.54) is 6.42 Å². The molecule has 4 heteroatoms. The first-order valence-corrected chi connectivity index (χ1v) is 7.26. The Kier molecular flexibility index (Phi) is 4.30. The first kappa shape index (κ1) is 14.1. The molecule has 19 heavy (non-hydrogen) atoms. The molecule has 1 fully saturated rings. The molecular formula is C15H24N2O2. The highest BCUT2D eigenvalue weighted by Gasteiger charge is 2.30. The summed E-state index contributed by atoms with van der Waals surface area (Å²) in [4.78, 5) is 12.4. The minimum atomic E-state index is -0.494. The molecule has 0 unspecified atom stereocenters. The summed E-state index contributed by atoms with van der Waals surface area (Å²) in [5, 5.41) is 12.6. The summed E-state index contributed by atoms with van der Waals surface area (Å²) in [5.41, 5.74) is 0.218. The van der Waals surface area contributed by atoms with Crippen molar-refractivity contribution in [1.29, 1.82) is 0 Å². The fourth-order valence-corrected chi connectivity index (χ4v) is 2.56. The topological polar surface area (TPSA) is 54.3 Å². The number of carbonyl (C=O) groups is 1. The van der Waals surface area contributed by atoms with Gasteiger partial charge in [0.2, 0.25) is 0 Å². The lowest BCUT2D eigenvalue weighted by molar-refractivity contribution is 0.0803. The van der Waals surface area contributed by atoms with E-state index in [9.17, 15) is 9.90 Å². The van der Waals surface area contributed by atoms with E-state index in [0.717, 1.165) is 25.7 Å². The predicted octanol–water partition coefficient (Wildman–Crippen LogP) is 2.49. The van der Waals surface area contributed by atoms with Gasteiger partial charge in [-0.05, 0) is 44.2 Å².